The van der Waals surface area contributed by atoms with Crippen molar-refractivity contribution in [1.82, 2.24) is 5.32 Å². The molecule has 0 aliphatic carbocycles. The highest BCUT2D eigenvalue weighted by Gasteiger charge is 2.34. The highest BCUT2D eigenvalue weighted by Crippen LogP contribution is 2.32. The molecule has 1 rings (SSSR count). The molecule has 0 radical (unpaired) electrons. The molecule has 0 aliphatic rings. The quantitative estimate of drug-likeness (QED) is 0.840. The van der Waals surface area contributed by atoms with E-state index in [0.717, 1.165) is 6.07 Å². The summed E-state index contributed by atoms with van der Waals surface area (Å²) >= 11 is 0. The van der Waals surface area contributed by atoms with Crippen LogP contribution >= 0.6 is 0 Å². The van der Waals surface area contributed by atoms with Gasteiger partial charge in [0.15, 0.2) is 0 Å². The zero-order valence-corrected chi connectivity index (χ0v) is 10.4. The zero-order valence-electron chi connectivity index (χ0n) is 10.4. The molecule has 0 heterocycles. The average molecular weight is 289 g/mol. The van der Waals surface area contributed by atoms with Crippen molar-refractivity contribution in [3.05, 3.63) is 29.6 Å². The summed E-state index contributed by atoms with van der Waals surface area (Å²) < 4.78 is 50.4. The van der Waals surface area contributed by atoms with Crippen molar-refractivity contribution in [2.24, 2.45) is 5.92 Å². The third-order valence-corrected chi connectivity index (χ3v) is 2.32. The van der Waals surface area contributed by atoms with Crippen molar-refractivity contribution in [2.45, 2.75) is 13.1 Å². The number of urea groups is 1. The minimum absolute atomic E-state index is 0.0512. The van der Waals surface area contributed by atoms with Crippen molar-refractivity contribution >= 4 is 11.7 Å². The molecule has 2 N–H and O–H groups in total. The fourth-order valence-electron chi connectivity index (χ4n) is 1.29. The second-order valence-corrected chi connectivity index (χ2v) is 4.06. The highest BCUT2D eigenvalue weighted by molar-refractivity contribution is 5.89. The van der Waals surface area contributed by atoms with E-state index >= 15 is 0 Å². The molecule has 0 saturated heterocycles. The summed E-state index contributed by atoms with van der Waals surface area (Å²) in [5.74, 6) is -1.85. The first-order valence-corrected chi connectivity index (χ1v) is 5.55. The number of rotatable bonds is 3. The molecule has 1 aromatic carbocycles. The van der Waals surface area contributed by atoms with Gasteiger partial charge in [-0.15, -0.1) is 0 Å². The Kier molecular flexibility index (Phi) is 4.91. The summed E-state index contributed by atoms with van der Waals surface area (Å²) in [6.07, 6.45) is -4.84. The Balaban J connectivity index is 2.74. The largest absolute Gasteiger partial charge is 0.419 e. The molecule has 0 saturated carbocycles. The lowest BCUT2D eigenvalue weighted by Crippen LogP contribution is -2.32. The standard InChI is InChI=1S/C12H11F4N3O/c1-7(5-17)6-18-11(20)19-8-2-3-10(13)9(4-8)12(14,15)16/h2-4,7H,6H2,1H3,(H2,18,19,20). The number of nitrogens with one attached hydrogen (secondary N) is 2. The Labute approximate surface area is 112 Å². The zero-order chi connectivity index (χ0) is 15.3. The van der Waals surface area contributed by atoms with E-state index in [2.05, 4.69) is 10.6 Å². The topological polar surface area (TPSA) is 64.9 Å². The molecule has 1 aromatic rings. The van der Waals surface area contributed by atoms with Crippen molar-refractivity contribution in [2.75, 3.05) is 11.9 Å². The van der Waals surface area contributed by atoms with Gasteiger partial charge in [0, 0.05) is 12.2 Å². The minimum Gasteiger partial charge on any atom is -0.337 e. The van der Waals surface area contributed by atoms with Gasteiger partial charge < -0.3 is 10.6 Å². The fraction of sp³-hybridized carbons (Fsp3) is 0.333. The van der Waals surface area contributed by atoms with Crippen molar-refractivity contribution < 1.29 is 22.4 Å². The van der Waals surface area contributed by atoms with Crippen LogP contribution in [0.15, 0.2) is 18.2 Å². The third kappa shape index (κ3) is 4.42. The first-order chi connectivity index (χ1) is 9.24. The van der Waals surface area contributed by atoms with Crippen LogP contribution in [0.5, 0.6) is 0 Å². The van der Waals surface area contributed by atoms with Crippen molar-refractivity contribution in [3.8, 4) is 6.07 Å². The van der Waals surface area contributed by atoms with E-state index in [0.29, 0.717) is 12.1 Å². The van der Waals surface area contributed by atoms with Crippen LogP contribution in [0.4, 0.5) is 28.0 Å². The molecule has 4 nitrogen and oxygen atoms in total. The summed E-state index contributed by atoms with van der Waals surface area (Å²) in [5.41, 5.74) is -1.65. The van der Waals surface area contributed by atoms with Gasteiger partial charge in [-0.3, -0.25) is 0 Å². The summed E-state index contributed by atoms with van der Waals surface area (Å²) in [5, 5.41) is 12.9. The normalized spacial score (nSPS) is 12.4. The minimum atomic E-state index is -4.84. The van der Waals surface area contributed by atoms with Gasteiger partial charge in [0.05, 0.1) is 17.6 Å². The van der Waals surface area contributed by atoms with Crippen molar-refractivity contribution in [1.29, 1.82) is 5.26 Å². The number of carbonyl (C=O) groups is 1. The van der Waals surface area contributed by atoms with Crippen LogP contribution in [-0.2, 0) is 6.18 Å². The molecule has 1 atom stereocenters. The van der Waals surface area contributed by atoms with E-state index in [1.807, 2.05) is 6.07 Å². The van der Waals surface area contributed by atoms with E-state index in [-0.39, 0.29) is 12.2 Å². The number of alkyl halides is 3. The van der Waals surface area contributed by atoms with Crippen LogP contribution < -0.4 is 10.6 Å². The number of hydrogen-bond acceptors (Lipinski definition) is 2. The number of hydrogen-bond donors (Lipinski definition) is 2. The van der Waals surface area contributed by atoms with Gasteiger partial charge in [-0.05, 0) is 25.1 Å². The number of nitrogens with zero attached hydrogens (tertiary/aromatic N) is 1. The van der Waals surface area contributed by atoms with Crippen LogP contribution in [0.2, 0.25) is 0 Å². The molecule has 0 fully saturated rings. The summed E-state index contributed by atoms with van der Waals surface area (Å²) in [6, 6.07) is 3.24. The molecule has 0 aromatic heterocycles. The Morgan fingerprint density at radius 2 is 2.10 bits per heavy atom. The van der Waals surface area contributed by atoms with Crippen LogP contribution in [0.1, 0.15) is 12.5 Å². The van der Waals surface area contributed by atoms with Gasteiger partial charge in [0.2, 0.25) is 0 Å². The smallest absolute Gasteiger partial charge is 0.337 e. The molecule has 20 heavy (non-hydrogen) atoms. The van der Waals surface area contributed by atoms with Crippen LogP contribution in [0.3, 0.4) is 0 Å². The second-order valence-electron chi connectivity index (χ2n) is 4.06. The number of amides is 2. The number of benzene rings is 1. The number of halogens is 4. The van der Waals surface area contributed by atoms with Crippen LogP contribution in [0.25, 0.3) is 0 Å². The van der Waals surface area contributed by atoms with E-state index < -0.39 is 29.5 Å². The molecule has 108 valence electrons. The predicted molar refractivity (Wildman–Crippen MR) is 63.2 cm³/mol. The lowest BCUT2D eigenvalue weighted by atomic mass is 10.2. The maximum Gasteiger partial charge on any atom is 0.419 e. The predicted octanol–water partition coefficient (Wildman–Crippen LogP) is 3.13. The average Bonchev–Trinajstić information content (AvgIpc) is 2.37. The summed E-state index contributed by atoms with van der Waals surface area (Å²) in [6.45, 7) is 1.62. The molecule has 0 bridgehead atoms. The Hall–Kier alpha value is -2.30. The van der Waals surface area contributed by atoms with Gasteiger partial charge in [-0.25, -0.2) is 9.18 Å². The molecule has 8 heteroatoms. The Morgan fingerprint density at radius 1 is 1.45 bits per heavy atom. The molecule has 0 spiro atoms. The lowest BCUT2D eigenvalue weighted by molar-refractivity contribution is -0.139. The number of carbonyl (C=O) groups excluding carboxylic acids is 1. The molecular formula is C12H11F4N3O. The molecule has 1 unspecified atom stereocenters. The molecule has 2 amide bonds. The van der Waals surface area contributed by atoms with E-state index in [4.69, 9.17) is 5.26 Å². The first-order valence-electron chi connectivity index (χ1n) is 5.55. The molecular weight excluding hydrogens is 278 g/mol. The second kappa shape index (κ2) is 6.23. The third-order valence-electron chi connectivity index (χ3n) is 2.32. The van der Waals surface area contributed by atoms with Gasteiger partial charge >= 0.3 is 12.2 Å². The summed E-state index contributed by atoms with van der Waals surface area (Å²) in [4.78, 5) is 11.4. The first kappa shape index (κ1) is 15.8. The van der Waals surface area contributed by atoms with E-state index in [9.17, 15) is 22.4 Å². The van der Waals surface area contributed by atoms with Gasteiger partial charge in [-0.1, -0.05) is 0 Å². The SMILES string of the molecule is CC(C#N)CNC(=O)Nc1ccc(F)c(C(F)(F)F)c1. The van der Waals surface area contributed by atoms with Crippen molar-refractivity contribution in [3.63, 3.8) is 0 Å². The highest BCUT2D eigenvalue weighted by atomic mass is 19.4. The Morgan fingerprint density at radius 3 is 2.65 bits per heavy atom. The van der Waals surface area contributed by atoms with Crippen LogP contribution in [-0.4, -0.2) is 12.6 Å². The number of nitriles is 1. The van der Waals surface area contributed by atoms with Gasteiger partial charge in [0.1, 0.15) is 5.82 Å². The monoisotopic (exact) mass is 289 g/mol. The Bertz CT molecular complexity index is 536. The van der Waals surface area contributed by atoms with E-state index in [1.54, 1.807) is 6.92 Å². The maximum absolute atomic E-state index is 13.0. The van der Waals surface area contributed by atoms with Crippen LogP contribution in [0, 0.1) is 23.1 Å². The maximum atomic E-state index is 13.0. The fourth-order valence-corrected chi connectivity index (χ4v) is 1.29. The number of anilines is 1. The van der Waals surface area contributed by atoms with E-state index in [1.165, 1.54) is 0 Å². The van der Waals surface area contributed by atoms with Gasteiger partial charge in [-0.2, -0.15) is 18.4 Å². The summed E-state index contributed by atoms with van der Waals surface area (Å²) in [7, 11) is 0. The molecule has 0 aliphatic heterocycles. The van der Waals surface area contributed by atoms with Gasteiger partial charge in [0.25, 0.3) is 0 Å². The lowest BCUT2D eigenvalue weighted by Gasteiger charge is -2.12.